The number of nitrogens with one attached hydrogen (secondary N) is 1. The van der Waals surface area contributed by atoms with Crippen LogP contribution in [0.15, 0.2) is 29.1 Å². The van der Waals surface area contributed by atoms with E-state index in [0.717, 1.165) is 0 Å². The van der Waals surface area contributed by atoms with Crippen molar-refractivity contribution in [3.8, 4) is 0 Å². The monoisotopic (exact) mass is 283 g/mol. The van der Waals surface area contributed by atoms with Crippen LogP contribution < -0.4 is 5.32 Å². The lowest BCUT2D eigenvalue weighted by atomic mass is 10.2. The van der Waals surface area contributed by atoms with Gasteiger partial charge in [0.15, 0.2) is 0 Å². The summed E-state index contributed by atoms with van der Waals surface area (Å²) in [5, 5.41) is 14.8. The number of rotatable bonds is 3. The summed E-state index contributed by atoms with van der Waals surface area (Å²) in [6.45, 7) is 0. The maximum absolute atomic E-state index is 11.7. The Morgan fingerprint density at radius 3 is 2.89 bits per heavy atom. The van der Waals surface area contributed by atoms with Crippen LogP contribution in [-0.2, 0) is 0 Å². The van der Waals surface area contributed by atoms with Crippen LogP contribution >= 0.6 is 22.9 Å². The number of aromatic nitrogens is 1. The first-order chi connectivity index (χ1) is 8.58. The van der Waals surface area contributed by atoms with Crippen LogP contribution in [0.4, 0.5) is 11.4 Å². The first-order valence-corrected chi connectivity index (χ1v) is 6.03. The lowest BCUT2D eigenvalue weighted by Gasteiger charge is -2.03. The highest BCUT2D eigenvalue weighted by Gasteiger charge is 2.14. The quantitative estimate of drug-likeness (QED) is 0.693. The maximum Gasteiger partial charge on any atom is 0.289 e. The van der Waals surface area contributed by atoms with Crippen LogP contribution in [0.25, 0.3) is 0 Å². The van der Waals surface area contributed by atoms with Gasteiger partial charge in [-0.15, -0.1) is 11.3 Å². The molecule has 92 valence electrons. The third-order valence-electron chi connectivity index (χ3n) is 2.07. The molecule has 1 heterocycles. The van der Waals surface area contributed by atoms with E-state index in [1.807, 2.05) is 0 Å². The summed E-state index contributed by atoms with van der Waals surface area (Å²) >= 11 is 6.95. The SMILES string of the molecule is O=C(Nc1ccc(Cl)c([N+](=O)[O-])c1)c1cscn1. The lowest BCUT2D eigenvalue weighted by molar-refractivity contribution is -0.384. The highest BCUT2D eigenvalue weighted by molar-refractivity contribution is 7.07. The average Bonchev–Trinajstić information content (AvgIpc) is 2.85. The van der Waals surface area contributed by atoms with Gasteiger partial charge < -0.3 is 5.32 Å². The van der Waals surface area contributed by atoms with Crippen molar-refractivity contribution in [2.24, 2.45) is 0 Å². The standard InChI is InChI=1S/C10H6ClN3O3S/c11-7-2-1-6(3-9(7)14(16)17)13-10(15)8-4-18-5-12-8/h1-5H,(H,13,15). The average molecular weight is 284 g/mol. The van der Waals surface area contributed by atoms with Crippen LogP contribution in [-0.4, -0.2) is 15.8 Å². The number of amides is 1. The number of benzene rings is 1. The second-order valence-corrected chi connectivity index (χ2v) is 4.38. The number of thiazole rings is 1. The van der Waals surface area contributed by atoms with Gasteiger partial charge in [0.05, 0.1) is 10.4 Å². The molecule has 0 aliphatic heterocycles. The summed E-state index contributed by atoms with van der Waals surface area (Å²) in [6, 6.07) is 4.04. The predicted molar refractivity (Wildman–Crippen MR) is 68.2 cm³/mol. The first kappa shape index (κ1) is 12.5. The van der Waals surface area contributed by atoms with Crippen LogP contribution in [0.1, 0.15) is 10.5 Å². The van der Waals surface area contributed by atoms with Crippen molar-refractivity contribution in [2.45, 2.75) is 0 Å². The number of anilines is 1. The van der Waals surface area contributed by atoms with Crippen molar-refractivity contribution >= 4 is 40.2 Å². The Kier molecular flexibility index (Phi) is 3.54. The Hall–Kier alpha value is -1.99. The minimum absolute atomic E-state index is 0.0201. The predicted octanol–water partition coefficient (Wildman–Crippen LogP) is 2.96. The van der Waals surface area contributed by atoms with Crippen molar-refractivity contribution in [3.05, 3.63) is 49.9 Å². The van der Waals surface area contributed by atoms with E-state index in [9.17, 15) is 14.9 Å². The Balaban J connectivity index is 2.22. The number of hydrogen-bond donors (Lipinski definition) is 1. The second-order valence-electron chi connectivity index (χ2n) is 3.25. The summed E-state index contributed by atoms with van der Waals surface area (Å²) < 4.78 is 0. The van der Waals surface area contributed by atoms with E-state index in [0.29, 0.717) is 5.69 Å². The molecule has 1 aromatic heterocycles. The number of nitrogens with zero attached hydrogens (tertiary/aromatic N) is 2. The van der Waals surface area contributed by atoms with Gasteiger partial charge in [-0.2, -0.15) is 0 Å². The minimum atomic E-state index is -0.610. The molecule has 0 atom stereocenters. The molecule has 1 amide bonds. The molecule has 0 saturated carbocycles. The van der Waals surface area contributed by atoms with E-state index in [1.165, 1.54) is 35.0 Å². The molecule has 0 bridgehead atoms. The van der Waals surface area contributed by atoms with Gasteiger partial charge in [-0.1, -0.05) is 11.6 Å². The van der Waals surface area contributed by atoms with Crippen LogP contribution in [0.5, 0.6) is 0 Å². The highest BCUT2D eigenvalue weighted by atomic mass is 35.5. The molecular formula is C10H6ClN3O3S. The van der Waals surface area contributed by atoms with E-state index >= 15 is 0 Å². The third-order valence-corrected chi connectivity index (χ3v) is 2.97. The van der Waals surface area contributed by atoms with Gasteiger partial charge in [-0.05, 0) is 12.1 Å². The van der Waals surface area contributed by atoms with Gasteiger partial charge in [0.1, 0.15) is 10.7 Å². The second kappa shape index (κ2) is 5.11. The van der Waals surface area contributed by atoms with Crippen LogP contribution in [0.2, 0.25) is 5.02 Å². The summed E-state index contributed by atoms with van der Waals surface area (Å²) in [6.07, 6.45) is 0. The molecule has 0 aliphatic carbocycles. The van der Waals surface area contributed by atoms with Gasteiger partial charge in [0.2, 0.25) is 0 Å². The van der Waals surface area contributed by atoms with Gasteiger partial charge in [0.25, 0.3) is 11.6 Å². The highest BCUT2D eigenvalue weighted by Crippen LogP contribution is 2.27. The summed E-state index contributed by atoms with van der Waals surface area (Å²) in [4.78, 5) is 25.6. The molecule has 1 aromatic carbocycles. The van der Waals surface area contributed by atoms with E-state index in [1.54, 1.807) is 5.38 Å². The van der Waals surface area contributed by atoms with Gasteiger partial charge in [-0.3, -0.25) is 14.9 Å². The van der Waals surface area contributed by atoms with Crippen molar-refractivity contribution in [1.29, 1.82) is 0 Å². The smallest absolute Gasteiger partial charge is 0.289 e. The molecule has 6 nitrogen and oxygen atoms in total. The van der Waals surface area contributed by atoms with Crippen molar-refractivity contribution in [1.82, 2.24) is 4.98 Å². The largest absolute Gasteiger partial charge is 0.320 e. The Bertz CT molecular complexity index is 600. The molecule has 0 radical (unpaired) electrons. The molecule has 0 unspecified atom stereocenters. The number of nitro groups is 1. The molecule has 0 aliphatic rings. The lowest BCUT2D eigenvalue weighted by Crippen LogP contribution is -2.12. The molecule has 0 saturated heterocycles. The zero-order chi connectivity index (χ0) is 13.1. The molecule has 2 aromatic rings. The number of halogens is 1. The molecule has 8 heteroatoms. The molecular weight excluding hydrogens is 278 g/mol. The first-order valence-electron chi connectivity index (χ1n) is 4.71. The minimum Gasteiger partial charge on any atom is -0.320 e. The zero-order valence-corrected chi connectivity index (χ0v) is 10.4. The molecule has 0 fully saturated rings. The summed E-state index contributed by atoms with van der Waals surface area (Å²) in [7, 11) is 0. The normalized spacial score (nSPS) is 10.1. The fourth-order valence-electron chi connectivity index (χ4n) is 1.25. The summed E-state index contributed by atoms with van der Waals surface area (Å²) in [5.74, 6) is -0.423. The van der Waals surface area contributed by atoms with Gasteiger partial charge in [-0.25, -0.2) is 4.98 Å². The van der Waals surface area contributed by atoms with Crippen molar-refractivity contribution in [2.75, 3.05) is 5.32 Å². The number of carbonyl (C=O) groups excluding carboxylic acids is 1. The Morgan fingerprint density at radius 1 is 1.50 bits per heavy atom. The fourth-order valence-corrected chi connectivity index (χ4v) is 1.97. The molecule has 2 rings (SSSR count). The fraction of sp³-hybridized carbons (Fsp3) is 0. The van der Waals surface area contributed by atoms with Gasteiger partial charge >= 0.3 is 0 Å². The maximum atomic E-state index is 11.7. The zero-order valence-electron chi connectivity index (χ0n) is 8.79. The van der Waals surface area contributed by atoms with E-state index < -0.39 is 10.8 Å². The third kappa shape index (κ3) is 2.63. The molecule has 18 heavy (non-hydrogen) atoms. The van der Waals surface area contributed by atoms with Crippen molar-refractivity contribution < 1.29 is 9.72 Å². The van der Waals surface area contributed by atoms with Crippen LogP contribution in [0.3, 0.4) is 0 Å². The molecule has 0 spiro atoms. The Morgan fingerprint density at radius 2 is 2.28 bits per heavy atom. The molecule has 1 N–H and O–H groups in total. The van der Waals surface area contributed by atoms with E-state index in [2.05, 4.69) is 10.3 Å². The Labute approximate surface area is 110 Å². The number of hydrogen-bond acceptors (Lipinski definition) is 5. The van der Waals surface area contributed by atoms with E-state index in [-0.39, 0.29) is 16.4 Å². The van der Waals surface area contributed by atoms with E-state index in [4.69, 9.17) is 11.6 Å². The van der Waals surface area contributed by atoms with Gasteiger partial charge in [0, 0.05) is 17.1 Å². The number of carbonyl (C=O) groups is 1. The van der Waals surface area contributed by atoms with Crippen molar-refractivity contribution in [3.63, 3.8) is 0 Å². The topological polar surface area (TPSA) is 85.1 Å². The van der Waals surface area contributed by atoms with Crippen LogP contribution in [0, 0.1) is 10.1 Å². The number of nitro benzene ring substituents is 1. The summed E-state index contributed by atoms with van der Waals surface area (Å²) in [5.41, 5.74) is 1.83.